The zero-order valence-electron chi connectivity index (χ0n) is 9.70. The van der Waals surface area contributed by atoms with Crippen molar-refractivity contribution in [3.05, 3.63) is 0 Å². The van der Waals surface area contributed by atoms with Crippen LogP contribution < -0.4 is 0 Å². The first-order valence-electron chi connectivity index (χ1n) is 5.54. The average molecular weight is 246 g/mol. The van der Waals surface area contributed by atoms with Crippen molar-refractivity contribution in [2.24, 2.45) is 16.3 Å². The normalized spacial score (nSPS) is 28.9. The van der Waals surface area contributed by atoms with Crippen molar-refractivity contribution < 1.29 is 8.42 Å². The molecule has 7 heteroatoms. The maximum atomic E-state index is 11.3. The molecule has 0 aliphatic carbocycles. The van der Waals surface area contributed by atoms with Gasteiger partial charge in [0, 0.05) is 20.1 Å². The highest BCUT2D eigenvalue weighted by atomic mass is 32.2. The molecular weight excluding hydrogens is 228 g/mol. The molecule has 2 heterocycles. The molecule has 6 nitrogen and oxygen atoms in total. The van der Waals surface area contributed by atoms with Crippen molar-refractivity contribution in [1.82, 2.24) is 9.31 Å². The van der Waals surface area contributed by atoms with Gasteiger partial charge in [-0.2, -0.15) is 5.11 Å². The minimum Gasteiger partial charge on any atom is -0.280 e. The number of rotatable bonds is 2. The molecule has 0 spiro atoms. The van der Waals surface area contributed by atoms with Gasteiger partial charge in [-0.25, -0.2) is 12.7 Å². The van der Waals surface area contributed by atoms with Crippen LogP contribution in [-0.4, -0.2) is 56.7 Å². The summed E-state index contributed by atoms with van der Waals surface area (Å²) in [6, 6.07) is 0.256. The molecule has 1 unspecified atom stereocenters. The maximum Gasteiger partial charge on any atom is 0.211 e. The third-order valence-corrected chi connectivity index (χ3v) is 4.62. The Bertz CT molecular complexity index is 373. The highest BCUT2D eigenvalue weighted by Gasteiger charge is 2.32. The van der Waals surface area contributed by atoms with Crippen LogP contribution in [0.25, 0.3) is 0 Å². The average Bonchev–Trinajstić information content (AvgIpc) is 2.64. The molecule has 0 bridgehead atoms. The highest BCUT2D eigenvalue weighted by molar-refractivity contribution is 7.88. The van der Waals surface area contributed by atoms with Crippen LogP contribution in [0.15, 0.2) is 10.3 Å². The molecule has 0 aromatic carbocycles. The molecule has 0 amide bonds. The molecule has 0 aromatic rings. The fourth-order valence-corrected chi connectivity index (χ4v) is 3.21. The number of hydrogen-bond donors (Lipinski definition) is 0. The Morgan fingerprint density at radius 1 is 1.25 bits per heavy atom. The third-order valence-electron chi connectivity index (χ3n) is 3.32. The van der Waals surface area contributed by atoms with Gasteiger partial charge in [-0.05, 0) is 18.8 Å². The minimum atomic E-state index is -3.01. The van der Waals surface area contributed by atoms with Crippen LogP contribution >= 0.6 is 0 Å². The lowest BCUT2D eigenvalue weighted by Gasteiger charge is -2.31. The van der Waals surface area contributed by atoms with Crippen molar-refractivity contribution in [3.8, 4) is 0 Å². The van der Waals surface area contributed by atoms with Crippen molar-refractivity contribution in [3.63, 3.8) is 0 Å². The molecule has 0 saturated carbocycles. The molecule has 1 saturated heterocycles. The van der Waals surface area contributed by atoms with Crippen LogP contribution in [-0.2, 0) is 10.0 Å². The summed E-state index contributed by atoms with van der Waals surface area (Å²) in [6.45, 7) is 2.11. The first kappa shape index (κ1) is 11.8. The first-order valence-corrected chi connectivity index (χ1v) is 7.38. The Morgan fingerprint density at radius 2 is 1.88 bits per heavy atom. The van der Waals surface area contributed by atoms with Crippen molar-refractivity contribution in [1.29, 1.82) is 0 Å². The van der Waals surface area contributed by atoms with Gasteiger partial charge in [0.1, 0.15) is 0 Å². The van der Waals surface area contributed by atoms with E-state index in [1.54, 1.807) is 4.31 Å². The second-order valence-corrected chi connectivity index (χ2v) is 6.59. The van der Waals surface area contributed by atoms with Gasteiger partial charge in [0.05, 0.1) is 18.8 Å². The van der Waals surface area contributed by atoms with E-state index in [9.17, 15) is 8.42 Å². The lowest BCUT2D eigenvalue weighted by Crippen LogP contribution is -2.41. The van der Waals surface area contributed by atoms with E-state index in [1.165, 1.54) is 6.26 Å². The Balaban J connectivity index is 1.89. The molecule has 2 aliphatic rings. The van der Waals surface area contributed by atoms with E-state index in [1.807, 2.05) is 12.1 Å². The van der Waals surface area contributed by atoms with Crippen molar-refractivity contribution in [2.45, 2.75) is 18.9 Å². The monoisotopic (exact) mass is 246 g/mol. The number of likely N-dealkylation sites (N-methyl/N-ethyl adjacent to an activating group) is 1. The number of piperidine rings is 1. The smallest absolute Gasteiger partial charge is 0.211 e. The van der Waals surface area contributed by atoms with Gasteiger partial charge in [0.2, 0.25) is 10.0 Å². The van der Waals surface area contributed by atoms with E-state index < -0.39 is 10.0 Å². The number of sulfonamides is 1. The molecule has 0 radical (unpaired) electrons. The second kappa shape index (κ2) is 4.29. The predicted octanol–water partition coefficient (Wildman–Crippen LogP) is 0.339. The van der Waals surface area contributed by atoms with Crippen LogP contribution in [0.1, 0.15) is 12.8 Å². The zero-order valence-corrected chi connectivity index (χ0v) is 10.5. The van der Waals surface area contributed by atoms with Gasteiger partial charge in [0.25, 0.3) is 0 Å². The number of nitrogens with zero attached hydrogens (tertiary/aromatic N) is 4. The molecule has 0 N–H and O–H groups in total. The molecule has 16 heavy (non-hydrogen) atoms. The summed E-state index contributed by atoms with van der Waals surface area (Å²) < 4.78 is 24.2. The van der Waals surface area contributed by atoms with Gasteiger partial charge in [0.15, 0.2) is 0 Å². The molecular formula is C9H18N4O2S. The standard InChI is InChI=1S/C9H18N4O2S/c1-12-7-9(10-11-12)8-3-5-13(6-4-8)16(2,14)15/h8-9H,3-7H2,1-2H3. The van der Waals surface area contributed by atoms with Crippen LogP contribution in [0.4, 0.5) is 0 Å². The topological polar surface area (TPSA) is 65.3 Å². The van der Waals surface area contributed by atoms with E-state index in [4.69, 9.17) is 0 Å². The summed E-state index contributed by atoms with van der Waals surface area (Å²) in [5.74, 6) is 0.478. The largest absolute Gasteiger partial charge is 0.280 e. The van der Waals surface area contributed by atoms with Crippen molar-refractivity contribution >= 4 is 10.0 Å². The van der Waals surface area contributed by atoms with Crippen LogP contribution in [0, 0.1) is 5.92 Å². The van der Waals surface area contributed by atoms with Crippen LogP contribution in [0.5, 0.6) is 0 Å². The number of hydrogen-bond acceptors (Lipinski definition) is 5. The van der Waals surface area contributed by atoms with E-state index in [2.05, 4.69) is 10.3 Å². The SMILES string of the molecule is CN1CC(C2CCN(S(C)(=O)=O)CC2)N=N1. The molecule has 1 fully saturated rings. The second-order valence-electron chi connectivity index (χ2n) is 4.61. The molecule has 2 rings (SSSR count). The fraction of sp³-hybridized carbons (Fsp3) is 1.00. The zero-order chi connectivity index (χ0) is 11.8. The summed E-state index contributed by atoms with van der Waals surface area (Å²) >= 11 is 0. The Morgan fingerprint density at radius 3 is 2.31 bits per heavy atom. The van der Waals surface area contributed by atoms with Gasteiger partial charge < -0.3 is 0 Å². The van der Waals surface area contributed by atoms with Gasteiger partial charge in [-0.15, -0.1) is 0 Å². The maximum absolute atomic E-state index is 11.3. The summed E-state index contributed by atoms with van der Waals surface area (Å²) in [7, 11) is -1.10. The first-order chi connectivity index (χ1) is 7.47. The third kappa shape index (κ3) is 2.52. The summed E-state index contributed by atoms with van der Waals surface area (Å²) in [5.41, 5.74) is 0. The molecule has 92 valence electrons. The molecule has 0 aromatic heterocycles. The van der Waals surface area contributed by atoms with E-state index in [0.717, 1.165) is 19.4 Å². The predicted molar refractivity (Wildman–Crippen MR) is 60.4 cm³/mol. The summed E-state index contributed by atoms with van der Waals surface area (Å²) in [4.78, 5) is 0. The fourth-order valence-electron chi connectivity index (χ4n) is 2.33. The Labute approximate surface area is 96.3 Å². The van der Waals surface area contributed by atoms with Gasteiger partial charge in [-0.1, -0.05) is 5.22 Å². The van der Waals surface area contributed by atoms with Crippen LogP contribution in [0.3, 0.4) is 0 Å². The van der Waals surface area contributed by atoms with Gasteiger partial charge in [-0.3, -0.25) is 5.01 Å². The molecule has 1 atom stereocenters. The lowest BCUT2D eigenvalue weighted by atomic mass is 9.91. The summed E-state index contributed by atoms with van der Waals surface area (Å²) in [6.07, 6.45) is 3.06. The molecule has 2 aliphatic heterocycles. The Hall–Kier alpha value is -0.690. The minimum absolute atomic E-state index is 0.256. The van der Waals surface area contributed by atoms with Crippen molar-refractivity contribution in [2.75, 3.05) is 32.9 Å². The van der Waals surface area contributed by atoms with E-state index in [-0.39, 0.29) is 6.04 Å². The van der Waals surface area contributed by atoms with Crippen LogP contribution in [0.2, 0.25) is 0 Å². The van der Waals surface area contributed by atoms with E-state index >= 15 is 0 Å². The summed E-state index contributed by atoms with van der Waals surface area (Å²) in [5, 5.41) is 10.0. The van der Waals surface area contributed by atoms with E-state index in [0.29, 0.717) is 19.0 Å². The quantitative estimate of drug-likeness (QED) is 0.705. The Kier molecular flexibility index (Phi) is 3.16. The lowest BCUT2D eigenvalue weighted by molar-refractivity contribution is 0.237. The highest BCUT2D eigenvalue weighted by Crippen LogP contribution is 2.26. The van der Waals surface area contributed by atoms with Gasteiger partial charge >= 0.3 is 0 Å².